The second kappa shape index (κ2) is 2.94. The first kappa shape index (κ1) is 8.93. The molecule has 2 rings (SSSR count). The summed E-state index contributed by atoms with van der Waals surface area (Å²) in [7, 11) is 0. The molecule has 74 valence electrons. The molecule has 1 N–H and O–H groups in total. The van der Waals surface area contributed by atoms with E-state index in [1.54, 1.807) is 13.1 Å². The first-order valence-corrected chi connectivity index (χ1v) is 4.57. The summed E-state index contributed by atoms with van der Waals surface area (Å²) in [4.78, 5) is 23.0. The standard InChI is InChI=1S/C9H11N3O2/c1-3-6-4-10-12-7(6)11-8(13)5(2)9(12)14/h4-5H,3H2,1-2H3,(H,11,13). The number of nitrogens with zero attached hydrogens (tertiary/aromatic N) is 2. The van der Waals surface area contributed by atoms with Crippen LogP contribution in [0.5, 0.6) is 0 Å². The summed E-state index contributed by atoms with van der Waals surface area (Å²) < 4.78 is 1.27. The van der Waals surface area contributed by atoms with Crippen molar-refractivity contribution in [2.75, 3.05) is 5.32 Å². The van der Waals surface area contributed by atoms with Gasteiger partial charge in [-0.15, -0.1) is 0 Å². The molecule has 0 saturated heterocycles. The SMILES string of the molecule is CCc1cnn2c1NC(=O)C(C)C2=O. The lowest BCUT2D eigenvalue weighted by Crippen LogP contribution is -2.38. The number of hydrogen-bond acceptors (Lipinski definition) is 3. The van der Waals surface area contributed by atoms with Crippen molar-refractivity contribution in [1.29, 1.82) is 0 Å². The highest BCUT2D eigenvalue weighted by Gasteiger charge is 2.32. The summed E-state index contributed by atoms with van der Waals surface area (Å²) in [5.41, 5.74) is 0.888. The number of aromatic nitrogens is 2. The maximum absolute atomic E-state index is 11.6. The van der Waals surface area contributed by atoms with Crippen molar-refractivity contribution in [3.8, 4) is 0 Å². The molecule has 1 aromatic rings. The highest BCUT2D eigenvalue weighted by Crippen LogP contribution is 2.22. The van der Waals surface area contributed by atoms with Crippen molar-refractivity contribution < 1.29 is 9.59 Å². The van der Waals surface area contributed by atoms with E-state index in [1.165, 1.54) is 4.68 Å². The monoisotopic (exact) mass is 193 g/mol. The summed E-state index contributed by atoms with van der Waals surface area (Å²) >= 11 is 0. The number of carbonyl (C=O) groups excluding carboxylic acids is 2. The van der Waals surface area contributed by atoms with Gasteiger partial charge < -0.3 is 5.32 Å². The summed E-state index contributed by atoms with van der Waals surface area (Å²) in [6.45, 7) is 3.53. The topological polar surface area (TPSA) is 64.0 Å². The molecule has 0 bridgehead atoms. The maximum atomic E-state index is 11.6. The lowest BCUT2D eigenvalue weighted by molar-refractivity contribution is -0.118. The fourth-order valence-corrected chi connectivity index (χ4v) is 1.46. The number of rotatable bonds is 1. The van der Waals surface area contributed by atoms with Gasteiger partial charge in [-0.1, -0.05) is 6.92 Å². The van der Waals surface area contributed by atoms with E-state index in [4.69, 9.17) is 0 Å². The lowest BCUT2D eigenvalue weighted by atomic mass is 10.1. The van der Waals surface area contributed by atoms with Gasteiger partial charge in [0.25, 0.3) is 5.91 Å². The van der Waals surface area contributed by atoms with Crippen molar-refractivity contribution in [2.45, 2.75) is 20.3 Å². The average Bonchev–Trinajstić information content (AvgIpc) is 2.57. The number of hydrogen-bond donors (Lipinski definition) is 1. The van der Waals surface area contributed by atoms with Crippen LogP contribution in [0.4, 0.5) is 5.82 Å². The first-order valence-electron chi connectivity index (χ1n) is 4.57. The normalized spacial score (nSPS) is 20.6. The minimum Gasteiger partial charge on any atom is -0.310 e. The van der Waals surface area contributed by atoms with Crippen LogP contribution in [0.2, 0.25) is 0 Å². The zero-order valence-electron chi connectivity index (χ0n) is 8.07. The van der Waals surface area contributed by atoms with Crippen LogP contribution in [-0.4, -0.2) is 21.6 Å². The molecule has 0 fully saturated rings. The largest absolute Gasteiger partial charge is 0.310 e. The molecular formula is C9H11N3O2. The van der Waals surface area contributed by atoms with Gasteiger partial charge in [-0.2, -0.15) is 9.78 Å². The Hall–Kier alpha value is -1.65. The molecule has 0 saturated carbocycles. The predicted molar refractivity (Wildman–Crippen MR) is 50.0 cm³/mol. The van der Waals surface area contributed by atoms with Crippen LogP contribution >= 0.6 is 0 Å². The van der Waals surface area contributed by atoms with Gasteiger partial charge in [-0.3, -0.25) is 9.59 Å². The molecule has 1 aromatic heterocycles. The van der Waals surface area contributed by atoms with Crippen molar-refractivity contribution in [2.24, 2.45) is 5.92 Å². The third-order valence-corrected chi connectivity index (χ3v) is 2.44. The quantitative estimate of drug-likeness (QED) is 0.667. The third-order valence-electron chi connectivity index (χ3n) is 2.44. The molecule has 0 aliphatic carbocycles. The summed E-state index contributed by atoms with van der Waals surface area (Å²) in [6.07, 6.45) is 2.36. The van der Waals surface area contributed by atoms with Gasteiger partial charge in [-0.25, -0.2) is 0 Å². The highest BCUT2D eigenvalue weighted by atomic mass is 16.2. The van der Waals surface area contributed by atoms with Crippen LogP contribution in [0.25, 0.3) is 0 Å². The molecule has 14 heavy (non-hydrogen) atoms. The Labute approximate surface area is 81.1 Å². The summed E-state index contributed by atoms with van der Waals surface area (Å²) in [5, 5.41) is 6.63. The zero-order valence-corrected chi connectivity index (χ0v) is 8.07. The first-order chi connectivity index (χ1) is 6.65. The Morgan fingerprint density at radius 1 is 1.57 bits per heavy atom. The van der Waals surface area contributed by atoms with Crippen LogP contribution in [0.3, 0.4) is 0 Å². The van der Waals surface area contributed by atoms with Gasteiger partial charge in [0.15, 0.2) is 0 Å². The van der Waals surface area contributed by atoms with Gasteiger partial charge >= 0.3 is 0 Å². The molecule has 1 unspecified atom stereocenters. The molecule has 0 aromatic carbocycles. The van der Waals surface area contributed by atoms with E-state index < -0.39 is 5.92 Å². The molecule has 1 amide bonds. The molecule has 1 aliphatic rings. The third kappa shape index (κ3) is 1.05. The average molecular weight is 193 g/mol. The summed E-state index contributed by atoms with van der Waals surface area (Å²) in [5.74, 6) is -0.631. The zero-order chi connectivity index (χ0) is 10.3. The van der Waals surface area contributed by atoms with Crippen LogP contribution in [-0.2, 0) is 11.2 Å². The van der Waals surface area contributed by atoms with Crippen LogP contribution in [0.1, 0.15) is 24.2 Å². The van der Waals surface area contributed by atoms with Crippen molar-refractivity contribution in [1.82, 2.24) is 9.78 Å². The van der Waals surface area contributed by atoms with Gasteiger partial charge in [-0.05, 0) is 13.3 Å². The van der Waals surface area contributed by atoms with Crippen molar-refractivity contribution >= 4 is 17.6 Å². The fourth-order valence-electron chi connectivity index (χ4n) is 1.46. The maximum Gasteiger partial charge on any atom is 0.261 e. The molecule has 1 atom stereocenters. The molecule has 2 heterocycles. The minimum atomic E-state index is -0.646. The molecule has 5 nitrogen and oxygen atoms in total. The Bertz CT molecular complexity index is 408. The van der Waals surface area contributed by atoms with Gasteiger partial charge in [0.1, 0.15) is 11.7 Å². The van der Waals surface area contributed by atoms with E-state index >= 15 is 0 Å². The predicted octanol–water partition coefficient (Wildman–Crippen LogP) is 0.674. The molecule has 5 heteroatoms. The van der Waals surface area contributed by atoms with Crippen molar-refractivity contribution in [3.63, 3.8) is 0 Å². The fraction of sp³-hybridized carbons (Fsp3) is 0.444. The number of carbonyl (C=O) groups is 2. The molecule has 0 spiro atoms. The lowest BCUT2D eigenvalue weighted by Gasteiger charge is -2.19. The Balaban J connectivity index is 2.52. The number of amides is 1. The van der Waals surface area contributed by atoms with Crippen LogP contribution in [0.15, 0.2) is 6.20 Å². The Morgan fingerprint density at radius 2 is 2.29 bits per heavy atom. The minimum absolute atomic E-state index is 0.252. The number of fused-ring (bicyclic) bond motifs is 1. The van der Waals surface area contributed by atoms with Crippen LogP contribution < -0.4 is 5.32 Å². The number of nitrogens with one attached hydrogen (secondary N) is 1. The smallest absolute Gasteiger partial charge is 0.261 e. The Morgan fingerprint density at radius 3 is 2.93 bits per heavy atom. The second-order valence-electron chi connectivity index (χ2n) is 3.33. The summed E-state index contributed by atoms with van der Waals surface area (Å²) in [6, 6.07) is 0. The van der Waals surface area contributed by atoms with E-state index in [2.05, 4.69) is 10.4 Å². The molecular weight excluding hydrogens is 182 g/mol. The Kier molecular flexibility index (Phi) is 1.87. The van der Waals surface area contributed by atoms with Crippen molar-refractivity contribution in [3.05, 3.63) is 11.8 Å². The highest BCUT2D eigenvalue weighted by molar-refractivity contribution is 6.11. The van der Waals surface area contributed by atoms with E-state index in [0.29, 0.717) is 5.82 Å². The van der Waals surface area contributed by atoms with Gasteiger partial charge in [0, 0.05) is 5.56 Å². The number of anilines is 1. The number of aryl methyl sites for hydroxylation is 1. The van der Waals surface area contributed by atoms with E-state index in [9.17, 15) is 9.59 Å². The van der Waals surface area contributed by atoms with Gasteiger partial charge in [0.2, 0.25) is 5.91 Å². The van der Waals surface area contributed by atoms with E-state index in [0.717, 1.165) is 12.0 Å². The van der Waals surface area contributed by atoms with E-state index in [-0.39, 0.29) is 11.8 Å². The second-order valence-corrected chi connectivity index (χ2v) is 3.33. The molecule has 1 aliphatic heterocycles. The van der Waals surface area contributed by atoms with E-state index in [1.807, 2.05) is 6.92 Å². The molecule has 0 radical (unpaired) electrons. The van der Waals surface area contributed by atoms with Crippen LogP contribution in [0, 0.1) is 5.92 Å². The van der Waals surface area contributed by atoms with Gasteiger partial charge in [0.05, 0.1) is 6.20 Å².